The van der Waals surface area contributed by atoms with Gasteiger partial charge in [0.05, 0.1) is 6.10 Å². The van der Waals surface area contributed by atoms with Gasteiger partial charge in [-0.2, -0.15) is 0 Å². The monoisotopic (exact) mass is 192 g/mol. The zero-order valence-corrected chi connectivity index (χ0v) is 7.71. The van der Waals surface area contributed by atoms with Gasteiger partial charge in [-0.3, -0.25) is 4.18 Å². The highest BCUT2D eigenvalue weighted by molar-refractivity contribution is 8.20. The van der Waals surface area contributed by atoms with Crippen molar-refractivity contribution in [2.24, 2.45) is 0 Å². The fourth-order valence-corrected chi connectivity index (χ4v) is 1.76. The Balaban J connectivity index is 2.72. The number of hydrogen-bond acceptors (Lipinski definition) is 4. The van der Waals surface area contributed by atoms with Crippen LogP contribution in [-0.4, -0.2) is 25.2 Å². The maximum absolute atomic E-state index is 9.37. The summed E-state index contributed by atoms with van der Waals surface area (Å²) >= 11 is 0. The third-order valence-corrected chi connectivity index (χ3v) is 2.43. The average molecular weight is 192 g/mol. The summed E-state index contributed by atoms with van der Waals surface area (Å²) in [4.78, 5) is 6.28. The van der Waals surface area contributed by atoms with Crippen LogP contribution in [0.1, 0.15) is 13.8 Å². The first-order valence-electron chi connectivity index (χ1n) is 3.48. The Hall–Kier alpha value is -0.560. The van der Waals surface area contributed by atoms with Crippen molar-refractivity contribution in [1.29, 1.82) is 0 Å². The predicted molar refractivity (Wildman–Crippen MR) is 45.9 cm³/mol. The molecular formula is C6H12N2O3S. The summed E-state index contributed by atoms with van der Waals surface area (Å²) in [6.45, 7) is 3.44. The number of aromatic nitrogens is 2. The second kappa shape index (κ2) is 3.44. The smallest absolute Gasteiger partial charge is 0.221 e. The summed E-state index contributed by atoms with van der Waals surface area (Å²) in [6, 6.07) is 0. The largest absolute Gasteiger partial charge is 0.336 e. The van der Waals surface area contributed by atoms with Crippen LogP contribution in [0, 0.1) is 0 Å². The van der Waals surface area contributed by atoms with Gasteiger partial charge in [-0.25, -0.2) is 4.98 Å². The van der Waals surface area contributed by atoms with Crippen LogP contribution < -0.4 is 0 Å². The first-order chi connectivity index (χ1) is 5.52. The molecule has 3 N–H and O–H groups in total. The lowest BCUT2D eigenvalue weighted by molar-refractivity contribution is 0.205. The summed E-state index contributed by atoms with van der Waals surface area (Å²) in [7, 11) is -3.18. The third kappa shape index (κ3) is 2.21. The van der Waals surface area contributed by atoms with Gasteiger partial charge >= 0.3 is 0 Å². The molecule has 0 aliphatic heterocycles. The molecule has 0 aliphatic carbocycles. The van der Waals surface area contributed by atoms with E-state index in [0.29, 0.717) is 0 Å². The second-order valence-electron chi connectivity index (χ2n) is 2.54. The molecular weight excluding hydrogens is 180 g/mol. The van der Waals surface area contributed by atoms with Crippen molar-refractivity contribution >= 4 is 10.9 Å². The summed E-state index contributed by atoms with van der Waals surface area (Å²) < 4.78 is 23.6. The lowest BCUT2D eigenvalue weighted by Crippen LogP contribution is -2.10. The van der Waals surface area contributed by atoms with E-state index >= 15 is 0 Å². The molecule has 1 heterocycles. The molecule has 0 saturated heterocycles. The molecule has 0 unspecified atom stereocenters. The van der Waals surface area contributed by atoms with Crippen molar-refractivity contribution in [2.75, 3.05) is 0 Å². The summed E-state index contributed by atoms with van der Waals surface area (Å²) in [5.74, 6) is 0. The fourth-order valence-electron chi connectivity index (χ4n) is 0.710. The fraction of sp³-hybridized carbons (Fsp3) is 0.500. The Morgan fingerprint density at radius 2 is 2.25 bits per heavy atom. The van der Waals surface area contributed by atoms with Crippen LogP contribution in [0.3, 0.4) is 0 Å². The topological polar surface area (TPSA) is 78.4 Å². The number of imidazole rings is 1. The van der Waals surface area contributed by atoms with Crippen molar-refractivity contribution in [3.8, 4) is 0 Å². The quantitative estimate of drug-likeness (QED) is 0.683. The van der Waals surface area contributed by atoms with Crippen molar-refractivity contribution < 1.29 is 13.3 Å². The first kappa shape index (κ1) is 9.53. The van der Waals surface area contributed by atoms with E-state index in [1.165, 1.54) is 12.4 Å². The molecule has 0 saturated carbocycles. The molecule has 0 amide bonds. The molecule has 1 aromatic heterocycles. The van der Waals surface area contributed by atoms with E-state index in [1.54, 1.807) is 13.8 Å². The van der Waals surface area contributed by atoms with Gasteiger partial charge in [0.15, 0.2) is 10.9 Å². The Kier molecular flexibility index (Phi) is 2.73. The van der Waals surface area contributed by atoms with Crippen LogP contribution in [0.5, 0.6) is 0 Å². The number of rotatable bonds is 3. The van der Waals surface area contributed by atoms with Crippen LogP contribution in [0.4, 0.5) is 0 Å². The van der Waals surface area contributed by atoms with Crippen molar-refractivity contribution in [3.63, 3.8) is 0 Å². The van der Waals surface area contributed by atoms with E-state index in [0.717, 1.165) is 0 Å². The molecule has 6 heteroatoms. The Morgan fingerprint density at radius 3 is 2.67 bits per heavy atom. The zero-order chi connectivity index (χ0) is 9.19. The van der Waals surface area contributed by atoms with Crippen molar-refractivity contribution in [3.05, 3.63) is 12.4 Å². The van der Waals surface area contributed by atoms with E-state index < -0.39 is 10.9 Å². The maximum atomic E-state index is 9.37. The number of hydrogen-bond donors (Lipinski definition) is 3. The third-order valence-electron chi connectivity index (χ3n) is 1.05. The van der Waals surface area contributed by atoms with E-state index in [4.69, 9.17) is 4.18 Å². The molecule has 1 rings (SSSR count). The lowest BCUT2D eigenvalue weighted by Gasteiger charge is -2.25. The molecule has 0 spiro atoms. The zero-order valence-electron chi connectivity index (χ0n) is 6.89. The van der Waals surface area contributed by atoms with Gasteiger partial charge in [-0.1, -0.05) is 0 Å². The predicted octanol–water partition coefficient (Wildman–Crippen LogP) is 1.86. The number of nitrogens with zero attached hydrogens (tertiary/aromatic N) is 1. The highest BCUT2D eigenvalue weighted by atomic mass is 32.3. The molecule has 1 aromatic rings. The number of nitrogens with one attached hydrogen (secondary N) is 1. The van der Waals surface area contributed by atoms with Gasteiger partial charge < -0.3 is 14.1 Å². The Labute approximate surface area is 72.3 Å². The molecule has 5 nitrogen and oxygen atoms in total. The lowest BCUT2D eigenvalue weighted by atomic mass is 10.5. The summed E-state index contributed by atoms with van der Waals surface area (Å²) in [6.07, 6.45) is 2.69. The van der Waals surface area contributed by atoms with Crippen LogP contribution >= 0.6 is 10.9 Å². The van der Waals surface area contributed by atoms with Crippen LogP contribution in [0.15, 0.2) is 17.6 Å². The number of H-pyrrole nitrogens is 1. The van der Waals surface area contributed by atoms with Gasteiger partial charge in [-0.15, -0.1) is 0 Å². The summed E-state index contributed by atoms with van der Waals surface area (Å²) in [5, 5.41) is 0.0659. The normalized spacial score (nSPS) is 13.8. The van der Waals surface area contributed by atoms with Crippen LogP contribution in [-0.2, 0) is 4.18 Å². The molecule has 0 fully saturated rings. The Bertz CT molecular complexity index is 235. The average Bonchev–Trinajstić information content (AvgIpc) is 2.32. The summed E-state index contributed by atoms with van der Waals surface area (Å²) in [5.41, 5.74) is 0. The highest BCUT2D eigenvalue weighted by Crippen LogP contribution is 2.47. The van der Waals surface area contributed by atoms with Gasteiger partial charge in [-0.05, 0) is 13.8 Å². The molecule has 0 aromatic carbocycles. The highest BCUT2D eigenvalue weighted by Gasteiger charge is 2.25. The van der Waals surface area contributed by atoms with E-state index in [-0.39, 0.29) is 11.3 Å². The molecule has 0 atom stereocenters. The molecule has 0 radical (unpaired) electrons. The minimum atomic E-state index is -3.18. The maximum Gasteiger partial charge on any atom is 0.221 e. The first-order valence-corrected chi connectivity index (χ1v) is 4.95. The second-order valence-corrected chi connectivity index (χ2v) is 4.11. The molecule has 0 bridgehead atoms. The van der Waals surface area contributed by atoms with Gasteiger partial charge in [0, 0.05) is 12.4 Å². The van der Waals surface area contributed by atoms with E-state index in [1.807, 2.05) is 0 Å². The Morgan fingerprint density at radius 1 is 1.58 bits per heavy atom. The van der Waals surface area contributed by atoms with Gasteiger partial charge in [0.2, 0.25) is 5.16 Å². The van der Waals surface area contributed by atoms with Crippen LogP contribution in [0.2, 0.25) is 0 Å². The van der Waals surface area contributed by atoms with Crippen molar-refractivity contribution in [1.82, 2.24) is 9.97 Å². The molecule has 12 heavy (non-hydrogen) atoms. The standard InChI is InChI=1S/C6H12N2O3S/c1-5(2)11-12(9,10)6-7-3-4-8-6/h3-5,9-10H,1-2H3,(H,7,8). The van der Waals surface area contributed by atoms with Gasteiger partial charge in [0.1, 0.15) is 0 Å². The SMILES string of the molecule is CC(C)OS(O)(O)c1ncc[nH]1. The van der Waals surface area contributed by atoms with E-state index in [9.17, 15) is 9.11 Å². The minimum absolute atomic E-state index is 0.0659. The van der Waals surface area contributed by atoms with E-state index in [2.05, 4.69) is 9.97 Å². The molecule has 70 valence electrons. The van der Waals surface area contributed by atoms with Gasteiger partial charge in [0.25, 0.3) is 0 Å². The number of aromatic amines is 1. The minimum Gasteiger partial charge on any atom is -0.336 e. The molecule has 0 aliphatic rings. The van der Waals surface area contributed by atoms with Crippen LogP contribution in [0.25, 0.3) is 0 Å². The van der Waals surface area contributed by atoms with Crippen molar-refractivity contribution in [2.45, 2.75) is 25.1 Å².